The summed E-state index contributed by atoms with van der Waals surface area (Å²) in [5.74, 6) is 0.329. The third kappa shape index (κ3) is 7.88. The van der Waals surface area contributed by atoms with E-state index in [4.69, 9.17) is 0 Å². The van der Waals surface area contributed by atoms with Crippen LogP contribution < -0.4 is 0 Å². The summed E-state index contributed by atoms with van der Waals surface area (Å²) in [6.45, 7) is 2.05. The first kappa shape index (κ1) is 16.9. The van der Waals surface area contributed by atoms with E-state index in [1.807, 2.05) is 12.1 Å². The Balaban J connectivity index is 1.95. The van der Waals surface area contributed by atoms with Crippen LogP contribution in [0.5, 0.6) is 0 Å². The second kappa shape index (κ2) is 10.6. The summed E-state index contributed by atoms with van der Waals surface area (Å²) in [5, 5.41) is 1.14. The molecule has 0 unspecified atom stereocenters. The molecule has 0 N–H and O–H groups in total. The Bertz CT molecular complexity index is 359. The van der Waals surface area contributed by atoms with Crippen LogP contribution in [0.15, 0.2) is 12.1 Å². The molecular formula is C16H25BrOS. The minimum atomic E-state index is 0.329. The minimum Gasteiger partial charge on any atom is -0.293 e. The molecule has 1 heterocycles. The van der Waals surface area contributed by atoms with Gasteiger partial charge in [-0.15, -0.1) is 11.3 Å². The first-order valence-corrected chi connectivity index (χ1v) is 9.33. The molecule has 0 saturated heterocycles. The minimum absolute atomic E-state index is 0.329. The van der Waals surface area contributed by atoms with Crippen LogP contribution in [-0.4, -0.2) is 11.1 Å². The normalized spacial score (nSPS) is 10.8. The highest BCUT2D eigenvalue weighted by Gasteiger charge is 2.07. The summed E-state index contributed by atoms with van der Waals surface area (Å²) in [6, 6.07) is 4.00. The Morgan fingerprint density at radius 2 is 1.58 bits per heavy atom. The average molecular weight is 345 g/mol. The first-order chi connectivity index (χ1) is 9.24. The maximum absolute atomic E-state index is 11.9. The van der Waals surface area contributed by atoms with Crippen LogP contribution in [0, 0.1) is 6.92 Å². The molecule has 19 heavy (non-hydrogen) atoms. The van der Waals surface area contributed by atoms with E-state index < -0.39 is 0 Å². The summed E-state index contributed by atoms with van der Waals surface area (Å²) in [4.78, 5) is 14.0. The second-order valence-corrected chi connectivity index (χ2v) is 7.18. The van der Waals surface area contributed by atoms with Crippen LogP contribution in [0.4, 0.5) is 0 Å². The lowest BCUT2D eigenvalue weighted by molar-refractivity contribution is 0.0983. The van der Waals surface area contributed by atoms with Crippen LogP contribution in [-0.2, 0) is 0 Å². The predicted molar refractivity (Wildman–Crippen MR) is 88.7 cm³/mol. The molecule has 0 saturated carbocycles. The van der Waals surface area contributed by atoms with Crippen LogP contribution >= 0.6 is 27.3 Å². The van der Waals surface area contributed by atoms with Crippen molar-refractivity contribution < 1.29 is 4.79 Å². The fraction of sp³-hybridized carbons (Fsp3) is 0.688. The molecule has 1 aromatic rings. The molecule has 1 aromatic heterocycles. The highest BCUT2D eigenvalue weighted by atomic mass is 79.9. The summed E-state index contributed by atoms with van der Waals surface area (Å²) in [5.41, 5.74) is 0. The van der Waals surface area contributed by atoms with Gasteiger partial charge in [0.2, 0.25) is 0 Å². The lowest BCUT2D eigenvalue weighted by atomic mass is 10.1. The van der Waals surface area contributed by atoms with Crippen molar-refractivity contribution in [3.63, 3.8) is 0 Å². The van der Waals surface area contributed by atoms with Crippen LogP contribution in [0.25, 0.3) is 0 Å². The van der Waals surface area contributed by atoms with Crippen LogP contribution in [0.2, 0.25) is 0 Å². The Morgan fingerprint density at radius 3 is 2.11 bits per heavy atom. The van der Waals surface area contributed by atoms with Gasteiger partial charge in [0, 0.05) is 16.6 Å². The Hall–Kier alpha value is -0.150. The van der Waals surface area contributed by atoms with E-state index in [0.717, 1.165) is 23.0 Å². The van der Waals surface area contributed by atoms with Gasteiger partial charge < -0.3 is 0 Å². The number of hydrogen-bond acceptors (Lipinski definition) is 2. The van der Waals surface area contributed by atoms with Crippen molar-refractivity contribution >= 4 is 33.0 Å². The van der Waals surface area contributed by atoms with Gasteiger partial charge in [0.25, 0.3) is 0 Å². The van der Waals surface area contributed by atoms with Crippen molar-refractivity contribution in [3.05, 3.63) is 21.9 Å². The van der Waals surface area contributed by atoms with Crippen molar-refractivity contribution in [2.75, 3.05) is 5.33 Å². The fourth-order valence-corrected chi connectivity index (χ4v) is 3.38. The number of Topliss-reactive ketones (excluding diaryl/α,β-unsaturated/α-hetero) is 1. The first-order valence-electron chi connectivity index (χ1n) is 7.39. The smallest absolute Gasteiger partial charge is 0.172 e. The third-order valence-electron chi connectivity index (χ3n) is 3.30. The van der Waals surface area contributed by atoms with Gasteiger partial charge in [-0.05, 0) is 31.9 Å². The Labute approximate surface area is 129 Å². The number of unbranched alkanes of at least 4 members (excludes halogenated alkanes) is 7. The number of aryl methyl sites for hydroxylation is 1. The van der Waals surface area contributed by atoms with Gasteiger partial charge >= 0.3 is 0 Å². The van der Waals surface area contributed by atoms with E-state index in [-0.39, 0.29) is 0 Å². The molecule has 3 heteroatoms. The number of alkyl halides is 1. The van der Waals surface area contributed by atoms with Gasteiger partial charge in [-0.3, -0.25) is 4.79 Å². The summed E-state index contributed by atoms with van der Waals surface area (Å²) >= 11 is 5.08. The number of carbonyl (C=O) groups is 1. The van der Waals surface area contributed by atoms with Gasteiger partial charge in [0.15, 0.2) is 5.78 Å². The van der Waals surface area contributed by atoms with Gasteiger partial charge in [0.1, 0.15) is 0 Å². The number of thiophene rings is 1. The maximum atomic E-state index is 11.9. The summed E-state index contributed by atoms with van der Waals surface area (Å²) < 4.78 is 0. The highest BCUT2D eigenvalue weighted by Crippen LogP contribution is 2.18. The monoisotopic (exact) mass is 344 g/mol. The Kier molecular flexibility index (Phi) is 9.44. The molecule has 1 rings (SSSR count). The molecule has 0 radical (unpaired) electrons. The van der Waals surface area contributed by atoms with E-state index in [1.54, 1.807) is 11.3 Å². The van der Waals surface area contributed by atoms with Crippen molar-refractivity contribution in [2.45, 2.75) is 64.7 Å². The Morgan fingerprint density at radius 1 is 1.00 bits per heavy atom. The molecule has 0 aliphatic rings. The number of hydrogen-bond donors (Lipinski definition) is 0. The number of carbonyl (C=O) groups excluding carboxylic acids is 1. The molecule has 0 aliphatic heterocycles. The molecule has 0 fully saturated rings. The quantitative estimate of drug-likeness (QED) is 0.267. The molecule has 0 aliphatic carbocycles. The summed E-state index contributed by atoms with van der Waals surface area (Å²) in [7, 11) is 0. The number of halogens is 1. The SMILES string of the molecule is Cc1ccc(C(=O)CCCCCCCCCCBr)s1. The van der Waals surface area contributed by atoms with Crippen molar-refractivity contribution in [1.29, 1.82) is 0 Å². The lowest BCUT2D eigenvalue weighted by Gasteiger charge is -2.01. The molecule has 0 amide bonds. The third-order valence-corrected chi connectivity index (χ3v) is 4.91. The average Bonchev–Trinajstić information content (AvgIpc) is 2.83. The zero-order valence-corrected chi connectivity index (χ0v) is 14.3. The number of rotatable bonds is 11. The van der Waals surface area contributed by atoms with Crippen molar-refractivity contribution in [3.8, 4) is 0 Å². The largest absolute Gasteiger partial charge is 0.293 e. The zero-order valence-electron chi connectivity index (χ0n) is 11.9. The zero-order chi connectivity index (χ0) is 13.9. The number of ketones is 1. The topological polar surface area (TPSA) is 17.1 Å². The van der Waals surface area contributed by atoms with E-state index in [9.17, 15) is 4.79 Å². The van der Waals surface area contributed by atoms with Crippen LogP contribution in [0.1, 0.15) is 72.3 Å². The second-order valence-electron chi connectivity index (χ2n) is 5.10. The maximum Gasteiger partial charge on any atom is 0.172 e. The molecule has 0 spiro atoms. The van der Waals surface area contributed by atoms with Gasteiger partial charge in [0.05, 0.1) is 4.88 Å². The molecule has 0 atom stereocenters. The highest BCUT2D eigenvalue weighted by molar-refractivity contribution is 9.09. The van der Waals surface area contributed by atoms with E-state index in [2.05, 4.69) is 22.9 Å². The van der Waals surface area contributed by atoms with Crippen molar-refractivity contribution in [2.24, 2.45) is 0 Å². The van der Waals surface area contributed by atoms with Gasteiger partial charge in [-0.1, -0.05) is 54.5 Å². The van der Waals surface area contributed by atoms with Crippen LogP contribution in [0.3, 0.4) is 0 Å². The van der Waals surface area contributed by atoms with Gasteiger partial charge in [-0.25, -0.2) is 0 Å². The lowest BCUT2D eigenvalue weighted by Crippen LogP contribution is -1.95. The molecule has 0 bridgehead atoms. The van der Waals surface area contributed by atoms with Crippen molar-refractivity contribution in [1.82, 2.24) is 0 Å². The van der Waals surface area contributed by atoms with E-state index in [0.29, 0.717) is 5.78 Å². The summed E-state index contributed by atoms with van der Waals surface area (Å²) in [6.07, 6.45) is 11.0. The molecular weight excluding hydrogens is 320 g/mol. The fourth-order valence-electron chi connectivity index (χ4n) is 2.15. The van der Waals surface area contributed by atoms with E-state index >= 15 is 0 Å². The molecule has 0 aromatic carbocycles. The molecule has 108 valence electrons. The standard InChI is InChI=1S/C16H25BrOS/c1-14-11-12-16(19-14)15(18)10-8-6-4-2-3-5-7-9-13-17/h11-12H,2-10,13H2,1H3. The predicted octanol–water partition coefficient (Wildman–Crippen LogP) is 6.15. The van der Waals surface area contributed by atoms with E-state index in [1.165, 1.54) is 49.8 Å². The molecule has 1 nitrogen and oxygen atoms in total. The van der Waals surface area contributed by atoms with Gasteiger partial charge in [-0.2, -0.15) is 0 Å².